The summed E-state index contributed by atoms with van der Waals surface area (Å²) in [6.07, 6.45) is 0.509. The molecule has 0 saturated heterocycles. The van der Waals surface area contributed by atoms with Gasteiger partial charge in [0.25, 0.3) is 0 Å². The quantitative estimate of drug-likeness (QED) is 0.795. The molecule has 2 rings (SSSR count). The van der Waals surface area contributed by atoms with E-state index in [1.54, 1.807) is 12.1 Å². The van der Waals surface area contributed by atoms with Crippen LogP contribution in [0.25, 0.3) is 0 Å². The van der Waals surface area contributed by atoms with Crippen LogP contribution < -0.4 is 11.1 Å². The summed E-state index contributed by atoms with van der Waals surface area (Å²) in [5.41, 5.74) is 7.70. The molecule has 0 aromatic heterocycles. The van der Waals surface area contributed by atoms with E-state index in [1.807, 2.05) is 6.07 Å². The van der Waals surface area contributed by atoms with Crippen molar-refractivity contribution in [3.05, 3.63) is 34.3 Å². The largest absolute Gasteiger partial charge is 0.324 e. The van der Waals surface area contributed by atoms with Crippen molar-refractivity contribution in [3.63, 3.8) is 0 Å². The van der Waals surface area contributed by atoms with E-state index in [-0.39, 0.29) is 23.8 Å². The highest BCUT2D eigenvalue weighted by atomic mass is 35.5. The maximum absolute atomic E-state index is 11.8. The van der Waals surface area contributed by atoms with Gasteiger partial charge in [-0.3, -0.25) is 14.9 Å². The second-order valence-electron chi connectivity index (χ2n) is 4.21. The number of imide groups is 1. The standard InChI is InChI=1S/C12H13ClN2O2/c1-6(16)15-12(17)10-5-11(14)8-3-2-7(13)4-9(8)10/h2-4,10-11H,5,14H2,1H3,(H,15,16,17). The molecule has 0 saturated carbocycles. The summed E-state index contributed by atoms with van der Waals surface area (Å²) in [6, 6.07) is 5.16. The normalized spacial score (nSPS) is 22.1. The SMILES string of the molecule is CC(=O)NC(=O)C1CC(N)c2ccc(Cl)cc21. The lowest BCUT2D eigenvalue weighted by Gasteiger charge is -2.10. The van der Waals surface area contributed by atoms with Crippen LogP contribution in [-0.2, 0) is 9.59 Å². The first-order valence-electron chi connectivity index (χ1n) is 5.35. The fourth-order valence-corrected chi connectivity index (χ4v) is 2.38. The van der Waals surface area contributed by atoms with Crippen molar-refractivity contribution in [2.45, 2.75) is 25.3 Å². The van der Waals surface area contributed by atoms with Crippen LogP contribution in [-0.4, -0.2) is 11.8 Å². The molecule has 90 valence electrons. The fraction of sp³-hybridized carbons (Fsp3) is 0.333. The van der Waals surface area contributed by atoms with E-state index in [2.05, 4.69) is 5.32 Å². The lowest BCUT2D eigenvalue weighted by Crippen LogP contribution is -2.32. The number of hydrogen-bond donors (Lipinski definition) is 2. The zero-order valence-electron chi connectivity index (χ0n) is 9.37. The molecule has 5 heteroatoms. The highest BCUT2D eigenvalue weighted by Crippen LogP contribution is 2.40. The van der Waals surface area contributed by atoms with Gasteiger partial charge in [0.15, 0.2) is 0 Å². The third-order valence-corrected chi connectivity index (χ3v) is 3.16. The minimum absolute atomic E-state index is 0.176. The first kappa shape index (κ1) is 12.1. The average molecular weight is 253 g/mol. The van der Waals surface area contributed by atoms with E-state index in [1.165, 1.54) is 6.92 Å². The number of benzene rings is 1. The molecule has 1 aliphatic rings. The van der Waals surface area contributed by atoms with Gasteiger partial charge in [-0.15, -0.1) is 0 Å². The van der Waals surface area contributed by atoms with Crippen LogP contribution in [0, 0.1) is 0 Å². The highest BCUT2D eigenvalue weighted by molar-refractivity contribution is 6.30. The van der Waals surface area contributed by atoms with Gasteiger partial charge in [0.2, 0.25) is 11.8 Å². The minimum atomic E-state index is -0.386. The molecule has 2 unspecified atom stereocenters. The molecule has 2 atom stereocenters. The first-order chi connectivity index (χ1) is 7.99. The van der Waals surface area contributed by atoms with Crippen molar-refractivity contribution in [1.29, 1.82) is 0 Å². The van der Waals surface area contributed by atoms with Crippen molar-refractivity contribution < 1.29 is 9.59 Å². The molecular formula is C12H13ClN2O2. The molecule has 0 heterocycles. The molecule has 0 aliphatic heterocycles. The van der Waals surface area contributed by atoms with E-state index >= 15 is 0 Å². The van der Waals surface area contributed by atoms with E-state index in [4.69, 9.17) is 17.3 Å². The van der Waals surface area contributed by atoms with Gasteiger partial charge < -0.3 is 5.73 Å². The maximum Gasteiger partial charge on any atom is 0.234 e. The van der Waals surface area contributed by atoms with Gasteiger partial charge in [-0.2, -0.15) is 0 Å². The van der Waals surface area contributed by atoms with Gasteiger partial charge in [-0.05, 0) is 29.7 Å². The molecule has 1 aliphatic carbocycles. The first-order valence-corrected chi connectivity index (χ1v) is 5.73. The Hall–Kier alpha value is -1.39. The number of nitrogens with one attached hydrogen (secondary N) is 1. The molecule has 0 spiro atoms. The van der Waals surface area contributed by atoms with Gasteiger partial charge in [-0.25, -0.2) is 0 Å². The monoisotopic (exact) mass is 252 g/mol. The van der Waals surface area contributed by atoms with Crippen molar-refractivity contribution in [2.24, 2.45) is 5.73 Å². The van der Waals surface area contributed by atoms with Gasteiger partial charge in [-0.1, -0.05) is 17.7 Å². The predicted molar refractivity (Wildman–Crippen MR) is 64.6 cm³/mol. The van der Waals surface area contributed by atoms with Crippen LogP contribution in [0.4, 0.5) is 0 Å². The number of hydrogen-bond acceptors (Lipinski definition) is 3. The smallest absolute Gasteiger partial charge is 0.234 e. The summed E-state index contributed by atoms with van der Waals surface area (Å²) in [6.45, 7) is 1.31. The predicted octanol–water partition coefficient (Wildman–Crippen LogP) is 1.49. The number of nitrogens with two attached hydrogens (primary N) is 1. The molecule has 1 aromatic carbocycles. The van der Waals surface area contributed by atoms with Crippen LogP contribution in [0.5, 0.6) is 0 Å². The van der Waals surface area contributed by atoms with E-state index in [0.717, 1.165) is 11.1 Å². The number of carbonyl (C=O) groups excluding carboxylic acids is 2. The van der Waals surface area contributed by atoms with Crippen molar-refractivity contribution in [2.75, 3.05) is 0 Å². The fourth-order valence-electron chi connectivity index (χ4n) is 2.20. The molecule has 0 radical (unpaired) electrons. The molecule has 1 aromatic rings. The molecular weight excluding hydrogens is 240 g/mol. The van der Waals surface area contributed by atoms with Crippen LogP contribution >= 0.6 is 11.6 Å². The zero-order chi connectivity index (χ0) is 12.6. The maximum atomic E-state index is 11.8. The van der Waals surface area contributed by atoms with Gasteiger partial charge in [0, 0.05) is 18.0 Å². The second-order valence-corrected chi connectivity index (χ2v) is 4.65. The molecule has 0 fully saturated rings. The number of amides is 2. The Labute approximate surface area is 104 Å². The Bertz CT molecular complexity index is 487. The highest BCUT2D eigenvalue weighted by Gasteiger charge is 2.33. The molecule has 0 bridgehead atoms. The van der Waals surface area contributed by atoms with Crippen molar-refractivity contribution in [3.8, 4) is 0 Å². The zero-order valence-corrected chi connectivity index (χ0v) is 10.1. The molecule has 2 amide bonds. The number of halogens is 1. The van der Waals surface area contributed by atoms with Crippen molar-refractivity contribution >= 4 is 23.4 Å². The number of fused-ring (bicyclic) bond motifs is 1. The van der Waals surface area contributed by atoms with Gasteiger partial charge >= 0.3 is 0 Å². The summed E-state index contributed by atoms with van der Waals surface area (Å²) >= 11 is 5.91. The van der Waals surface area contributed by atoms with Crippen LogP contribution in [0.15, 0.2) is 18.2 Å². The minimum Gasteiger partial charge on any atom is -0.324 e. The number of rotatable bonds is 1. The van der Waals surface area contributed by atoms with Crippen LogP contribution in [0.1, 0.15) is 36.4 Å². The lowest BCUT2D eigenvalue weighted by atomic mass is 10.0. The van der Waals surface area contributed by atoms with E-state index in [9.17, 15) is 9.59 Å². The summed E-state index contributed by atoms with van der Waals surface area (Å²) in [5.74, 6) is -1.06. The Morgan fingerprint density at radius 1 is 1.41 bits per heavy atom. The summed E-state index contributed by atoms with van der Waals surface area (Å²) in [5, 5.41) is 2.86. The van der Waals surface area contributed by atoms with Gasteiger partial charge in [0.05, 0.1) is 5.92 Å². The summed E-state index contributed by atoms with van der Waals surface area (Å²) < 4.78 is 0. The van der Waals surface area contributed by atoms with E-state index < -0.39 is 0 Å². The van der Waals surface area contributed by atoms with E-state index in [0.29, 0.717) is 11.4 Å². The average Bonchev–Trinajstić information content (AvgIpc) is 2.54. The number of carbonyl (C=O) groups is 2. The summed E-state index contributed by atoms with van der Waals surface area (Å²) in [7, 11) is 0. The van der Waals surface area contributed by atoms with Crippen LogP contribution in [0.2, 0.25) is 5.02 Å². The topological polar surface area (TPSA) is 72.2 Å². The third kappa shape index (κ3) is 2.33. The second kappa shape index (κ2) is 4.47. The van der Waals surface area contributed by atoms with Crippen LogP contribution in [0.3, 0.4) is 0 Å². The Kier molecular flexibility index (Phi) is 3.17. The summed E-state index contributed by atoms with van der Waals surface area (Å²) in [4.78, 5) is 22.7. The Morgan fingerprint density at radius 3 is 2.76 bits per heavy atom. The van der Waals surface area contributed by atoms with Crippen molar-refractivity contribution in [1.82, 2.24) is 5.32 Å². The Balaban J connectivity index is 2.32. The van der Waals surface area contributed by atoms with Gasteiger partial charge in [0.1, 0.15) is 0 Å². The molecule has 3 N–H and O–H groups in total. The lowest BCUT2D eigenvalue weighted by molar-refractivity contribution is -0.130. The third-order valence-electron chi connectivity index (χ3n) is 2.93. The Morgan fingerprint density at radius 2 is 2.12 bits per heavy atom. The molecule has 17 heavy (non-hydrogen) atoms. The molecule has 4 nitrogen and oxygen atoms in total.